The molecular weight excluding hydrogens is 475 g/mol. The van der Waals surface area contributed by atoms with E-state index in [4.69, 9.17) is 28.0 Å². The fourth-order valence-corrected chi connectivity index (χ4v) is 1.49. The first-order chi connectivity index (χ1) is 10.9. The standard InChI is InChI=1S/C9H9IOS.5CO.Cr/c10-5-7-11-6-1-3-9-4-2-8-12-9;5*1-2;/h1-4,8H,5,7H2;;;;;;/b3-1+;;;;;;. The quantitative estimate of drug-likeness (QED) is 0.207. The van der Waals surface area contributed by atoms with Gasteiger partial charge in [0.1, 0.15) is 0 Å². The first-order valence-electron chi connectivity index (χ1n) is 4.59. The van der Waals surface area contributed by atoms with Gasteiger partial charge in [-0.15, -0.1) is 11.3 Å². The second kappa shape index (κ2) is 58.0. The van der Waals surface area contributed by atoms with E-state index < -0.39 is 0 Å². The molecule has 0 unspecified atom stereocenters. The van der Waals surface area contributed by atoms with Crippen molar-refractivity contribution in [1.82, 2.24) is 0 Å². The molecule has 0 aliphatic carbocycles. The van der Waals surface area contributed by atoms with Crippen LogP contribution in [0.2, 0.25) is 0 Å². The minimum Gasteiger partial charge on any atom is 0 e. The summed E-state index contributed by atoms with van der Waals surface area (Å²) in [6.45, 7) is 26.0. The van der Waals surface area contributed by atoms with Crippen LogP contribution in [0.25, 0.3) is 6.08 Å². The predicted molar refractivity (Wildman–Crippen MR) is 81.1 cm³/mol. The molecule has 120 valence electrons. The van der Waals surface area contributed by atoms with Crippen molar-refractivity contribution >= 4 is 40.0 Å². The SMILES string of the molecule is ICCO[C]/C=C/c1cccs1.[C-]#[O+].[C-]#[O+].[C-]#[O+].[C-]#[O+].[C-]#[O+].[Cr]. The number of thiophene rings is 1. The second-order valence-electron chi connectivity index (χ2n) is 2.00. The molecule has 6 nitrogen and oxygen atoms in total. The molecule has 0 aliphatic heterocycles. The summed E-state index contributed by atoms with van der Waals surface area (Å²) in [7, 11) is 0. The number of hydrogen-bond donors (Lipinski definition) is 0. The molecule has 1 aromatic heterocycles. The Kier molecular flexibility index (Phi) is 96.1. The largest absolute Gasteiger partial charge is 0 e. The fraction of sp³-hybridized carbons (Fsp3) is 0.143. The summed E-state index contributed by atoms with van der Waals surface area (Å²) in [5.74, 6) is 0. The molecule has 0 aromatic carbocycles. The van der Waals surface area contributed by atoms with Crippen LogP contribution in [0.4, 0.5) is 0 Å². The van der Waals surface area contributed by atoms with Gasteiger partial charge in [0.25, 0.3) is 0 Å². The van der Waals surface area contributed by atoms with Crippen molar-refractivity contribution in [1.29, 1.82) is 0 Å². The van der Waals surface area contributed by atoms with E-state index in [1.807, 2.05) is 17.5 Å². The van der Waals surface area contributed by atoms with Crippen LogP contribution in [0.15, 0.2) is 23.6 Å². The Bertz CT molecular complexity index is 374. The van der Waals surface area contributed by atoms with Crippen molar-refractivity contribution in [3.05, 3.63) is 68.3 Å². The smallest absolute Gasteiger partial charge is 0 e. The third-order valence-electron chi connectivity index (χ3n) is 1.12. The van der Waals surface area contributed by atoms with Crippen LogP contribution in [-0.4, -0.2) is 11.0 Å². The summed E-state index contributed by atoms with van der Waals surface area (Å²) in [4.78, 5) is 1.22. The summed E-state index contributed by atoms with van der Waals surface area (Å²) >= 11 is 3.97. The summed E-state index contributed by atoms with van der Waals surface area (Å²) in [6.07, 6.45) is 3.79. The molecule has 0 spiro atoms. The molecule has 0 atom stereocenters. The topological polar surface area (TPSA) is 109 Å². The van der Waals surface area contributed by atoms with Gasteiger partial charge in [-0.25, -0.2) is 0 Å². The molecule has 2 radical (unpaired) electrons. The maximum Gasteiger partial charge on any atom is 0 e. The van der Waals surface area contributed by atoms with Crippen molar-refractivity contribution in [2.75, 3.05) is 11.0 Å². The van der Waals surface area contributed by atoms with Crippen molar-refractivity contribution in [2.24, 2.45) is 0 Å². The molecule has 1 rings (SSSR count). The second-order valence-corrected chi connectivity index (χ2v) is 4.06. The molecule has 0 fully saturated rings. The van der Waals surface area contributed by atoms with Crippen LogP contribution in [0, 0.1) is 39.9 Å². The van der Waals surface area contributed by atoms with Gasteiger partial charge in [0.05, 0.1) is 6.61 Å². The average Bonchev–Trinajstić information content (AvgIpc) is 3.17. The monoisotopic (exact) mass is 484 g/mol. The van der Waals surface area contributed by atoms with E-state index in [0.29, 0.717) is 0 Å². The van der Waals surface area contributed by atoms with E-state index in [1.165, 1.54) is 4.88 Å². The molecule has 0 N–H and O–H groups in total. The molecule has 23 heavy (non-hydrogen) atoms. The molecule has 0 saturated heterocycles. The Hall–Kier alpha value is -0.638. The number of alkyl halides is 1. The van der Waals surface area contributed by atoms with E-state index in [-0.39, 0.29) is 17.4 Å². The molecule has 0 aliphatic rings. The Morgan fingerprint density at radius 2 is 1.52 bits per heavy atom. The van der Waals surface area contributed by atoms with Crippen LogP contribution in [0.1, 0.15) is 4.88 Å². The van der Waals surface area contributed by atoms with E-state index >= 15 is 0 Å². The summed E-state index contributed by atoms with van der Waals surface area (Å²) < 4.78 is 43.5. The minimum atomic E-state index is 0. The molecule has 0 bridgehead atoms. The Morgan fingerprint density at radius 1 is 1.04 bits per heavy atom. The van der Waals surface area contributed by atoms with Gasteiger partial charge < -0.3 is 4.74 Å². The zero-order valence-corrected chi connectivity index (χ0v) is 15.7. The summed E-state index contributed by atoms with van der Waals surface area (Å²) in [5, 5.41) is 2.05. The van der Waals surface area contributed by atoms with E-state index in [2.05, 4.69) is 68.5 Å². The Labute approximate surface area is 164 Å². The number of ether oxygens (including phenoxy) is 1. The minimum absolute atomic E-state index is 0. The molecule has 0 saturated carbocycles. The van der Waals surface area contributed by atoms with Crippen molar-refractivity contribution < 1.29 is 45.4 Å². The van der Waals surface area contributed by atoms with E-state index in [9.17, 15) is 0 Å². The van der Waals surface area contributed by atoms with Crippen LogP contribution >= 0.6 is 33.9 Å². The number of halogens is 1. The van der Waals surface area contributed by atoms with Crippen LogP contribution in [-0.2, 0) is 45.4 Å². The number of rotatable bonds is 5. The van der Waals surface area contributed by atoms with Gasteiger partial charge in [0.2, 0.25) is 0 Å². The predicted octanol–water partition coefficient (Wildman–Crippen LogP) is 3.06. The molecular formula is C14H9CrIO6S. The normalized spacial score (nSPS) is 6.22. The maximum atomic E-state index is 7.50. The molecule has 0 amide bonds. The van der Waals surface area contributed by atoms with Crippen molar-refractivity contribution in [3.8, 4) is 0 Å². The zero-order valence-electron chi connectivity index (χ0n) is 11.4. The third-order valence-corrected chi connectivity index (χ3v) is 2.40. The van der Waals surface area contributed by atoms with Gasteiger partial charge in [-0.2, -0.15) is 0 Å². The van der Waals surface area contributed by atoms with Gasteiger partial charge in [0.15, 0.2) is 6.61 Å². The van der Waals surface area contributed by atoms with Gasteiger partial charge in [0, 0.05) is 26.7 Å². The van der Waals surface area contributed by atoms with Crippen molar-refractivity contribution in [2.45, 2.75) is 0 Å². The Balaban J connectivity index is -0.0000000565. The van der Waals surface area contributed by atoms with Gasteiger partial charge in [-0.3, -0.25) is 0 Å². The van der Waals surface area contributed by atoms with Gasteiger partial charge >= 0.3 is 56.5 Å². The molecule has 1 aromatic rings. The first kappa shape index (κ1) is 38.1. The van der Waals surface area contributed by atoms with Gasteiger partial charge in [-0.1, -0.05) is 28.7 Å². The zero-order chi connectivity index (χ0) is 18.6. The third kappa shape index (κ3) is 44.9. The number of hydrogen-bond acceptors (Lipinski definition) is 2. The first-order valence-corrected chi connectivity index (χ1v) is 6.99. The van der Waals surface area contributed by atoms with Crippen LogP contribution < -0.4 is 0 Å². The van der Waals surface area contributed by atoms with Crippen LogP contribution in [0.5, 0.6) is 0 Å². The van der Waals surface area contributed by atoms with Gasteiger partial charge in [-0.05, 0) is 23.6 Å². The van der Waals surface area contributed by atoms with E-state index in [1.54, 1.807) is 17.4 Å². The van der Waals surface area contributed by atoms with Crippen LogP contribution in [0.3, 0.4) is 0 Å². The fourth-order valence-electron chi connectivity index (χ4n) is 0.648. The molecule has 1 heterocycles. The maximum absolute atomic E-state index is 7.50. The average molecular weight is 484 g/mol. The van der Waals surface area contributed by atoms with E-state index in [0.717, 1.165) is 11.0 Å². The Morgan fingerprint density at radius 3 is 1.87 bits per heavy atom. The molecule has 9 heteroatoms. The summed E-state index contributed by atoms with van der Waals surface area (Å²) in [6, 6.07) is 4.08. The van der Waals surface area contributed by atoms with Crippen molar-refractivity contribution in [3.63, 3.8) is 0 Å². The summed E-state index contributed by atoms with van der Waals surface area (Å²) in [5.41, 5.74) is 0.